The first-order chi connectivity index (χ1) is 9.15. The third-order valence-corrected chi connectivity index (χ3v) is 5.25. The number of aryl methyl sites for hydroxylation is 1. The zero-order valence-electron chi connectivity index (χ0n) is 10.8. The van der Waals surface area contributed by atoms with Crippen LogP contribution < -0.4 is 0 Å². The van der Waals surface area contributed by atoms with E-state index in [9.17, 15) is 4.79 Å². The van der Waals surface area contributed by atoms with Gasteiger partial charge in [-0.25, -0.2) is 0 Å². The van der Waals surface area contributed by atoms with Crippen molar-refractivity contribution in [2.75, 3.05) is 20.3 Å². The summed E-state index contributed by atoms with van der Waals surface area (Å²) >= 11 is 8.30. The van der Waals surface area contributed by atoms with Gasteiger partial charge in [0.25, 0.3) is 5.91 Å². The fourth-order valence-electron chi connectivity index (χ4n) is 1.67. The molecule has 0 radical (unpaired) electrons. The van der Waals surface area contributed by atoms with Crippen LogP contribution in [0.15, 0.2) is 17.0 Å². The summed E-state index contributed by atoms with van der Waals surface area (Å²) in [5, 5.41) is 0. The molecule has 19 heavy (non-hydrogen) atoms. The molecule has 0 saturated carbocycles. The Bertz CT molecular complexity index is 522. The van der Waals surface area contributed by atoms with Crippen LogP contribution in [0.2, 0.25) is 0 Å². The number of rotatable bonds is 5. The fraction of sp³-hybridized carbons (Fsp3) is 0.385. The highest BCUT2D eigenvalue weighted by atomic mass is 32.2. The van der Waals surface area contributed by atoms with Crippen molar-refractivity contribution >= 4 is 51.6 Å². The minimum atomic E-state index is -0.0153. The molecular weight excluding hydrogens is 298 g/mol. The Morgan fingerprint density at radius 3 is 2.89 bits per heavy atom. The second-order valence-corrected chi connectivity index (χ2v) is 6.86. The van der Waals surface area contributed by atoms with Gasteiger partial charge in [0.2, 0.25) is 0 Å². The maximum Gasteiger partial charge on any atom is 0.266 e. The van der Waals surface area contributed by atoms with Crippen molar-refractivity contribution in [2.24, 2.45) is 0 Å². The lowest BCUT2D eigenvalue weighted by Crippen LogP contribution is -2.31. The van der Waals surface area contributed by atoms with Crippen LogP contribution in [0.25, 0.3) is 6.08 Å². The van der Waals surface area contributed by atoms with E-state index in [1.807, 2.05) is 12.1 Å². The number of methoxy groups -OCH3 is 1. The predicted octanol–water partition coefficient (Wildman–Crippen LogP) is 3.16. The van der Waals surface area contributed by atoms with Crippen molar-refractivity contribution in [3.63, 3.8) is 0 Å². The maximum absolute atomic E-state index is 12.2. The molecule has 1 aromatic heterocycles. The molecule has 3 nitrogen and oxygen atoms in total. The van der Waals surface area contributed by atoms with Gasteiger partial charge < -0.3 is 4.74 Å². The van der Waals surface area contributed by atoms with E-state index < -0.39 is 0 Å². The summed E-state index contributed by atoms with van der Waals surface area (Å²) in [6.07, 6.45) is 2.95. The normalized spacial score (nSPS) is 17.8. The van der Waals surface area contributed by atoms with Crippen molar-refractivity contribution in [2.45, 2.75) is 13.3 Å². The molecule has 2 heterocycles. The van der Waals surface area contributed by atoms with Crippen LogP contribution in [-0.2, 0) is 16.0 Å². The summed E-state index contributed by atoms with van der Waals surface area (Å²) in [6, 6.07) is 4.15. The molecule has 1 fully saturated rings. The quantitative estimate of drug-likeness (QED) is 0.617. The molecule has 2 rings (SSSR count). The second-order valence-electron chi connectivity index (χ2n) is 3.98. The Labute approximate surface area is 126 Å². The smallest absolute Gasteiger partial charge is 0.266 e. The molecule has 0 bridgehead atoms. The van der Waals surface area contributed by atoms with Gasteiger partial charge in [-0.15, -0.1) is 11.3 Å². The summed E-state index contributed by atoms with van der Waals surface area (Å²) in [4.78, 5) is 16.9. The van der Waals surface area contributed by atoms with Crippen LogP contribution in [0.1, 0.15) is 16.7 Å². The molecule has 1 saturated heterocycles. The highest BCUT2D eigenvalue weighted by Gasteiger charge is 2.31. The number of thiocarbonyl (C=S) groups is 1. The van der Waals surface area contributed by atoms with Gasteiger partial charge in [-0.3, -0.25) is 9.69 Å². The van der Waals surface area contributed by atoms with Gasteiger partial charge in [0, 0.05) is 16.9 Å². The van der Waals surface area contributed by atoms with Crippen LogP contribution in [0.4, 0.5) is 0 Å². The molecule has 1 aliphatic heterocycles. The third-order valence-electron chi connectivity index (χ3n) is 2.70. The van der Waals surface area contributed by atoms with Crippen LogP contribution in [0.3, 0.4) is 0 Å². The molecule has 102 valence electrons. The first kappa shape index (κ1) is 14.7. The molecular formula is C13H15NO2S3. The van der Waals surface area contributed by atoms with Gasteiger partial charge in [-0.2, -0.15) is 0 Å². The Balaban J connectivity index is 2.13. The lowest BCUT2D eigenvalue weighted by Gasteiger charge is -2.12. The van der Waals surface area contributed by atoms with Crippen LogP contribution in [0.5, 0.6) is 0 Å². The Hall–Kier alpha value is -0.690. The number of carbonyl (C=O) groups excluding carboxylic acids is 1. The minimum absolute atomic E-state index is 0.0153. The molecule has 0 spiro atoms. The largest absolute Gasteiger partial charge is 0.383 e. The predicted molar refractivity (Wildman–Crippen MR) is 85.5 cm³/mol. The first-order valence-electron chi connectivity index (χ1n) is 5.98. The van der Waals surface area contributed by atoms with Gasteiger partial charge >= 0.3 is 0 Å². The van der Waals surface area contributed by atoms with Crippen molar-refractivity contribution in [1.29, 1.82) is 0 Å². The van der Waals surface area contributed by atoms with Crippen molar-refractivity contribution < 1.29 is 9.53 Å². The summed E-state index contributed by atoms with van der Waals surface area (Å²) < 4.78 is 5.60. The number of thioether (sulfide) groups is 1. The minimum Gasteiger partial charge on any atom is -0.383 e. The SMILES string of the molecule is CCc1ccc(C=C2SC(=S)N(CCOC)C2=O)s1. The van der Waals surface area contributed by atoms with Gasteiger partial charge in [0.15, 0.2) is 0 Å². The van der Waals surface area contributed by atoms with E-state index in [4.69, 9.17) is 17.0 Å². The van der Waals surface area contributed by atoms with E-state index >= 15 is 0 Å². The van der Waals surface area contributed by atoms with E-state index in [2.05, 4.69) is 13.0 Å². The van der Waals surface area contributed by atoms with E-state index in [1.165, 1.54) is 16.6 Å². The third kappa shape index (κ3) is 3.45. The molecule has 0 aliphatic carbocycles. The lowest BCUT2D eigenvalue weighted by molar-refractivity contribution is -0.122. The number of thiophene rings is 1. The fourth-order valence-corrected chi connectivity index (χ4v) is 3.94. The number of amides is 1. The number of nitrogens with zero attached hydrogens (tertiary/aromatic N) is 1. The molecule has 1 amide bonds. The number of hydrogen-bond donors (Lipinski definition) is 0. The standard InChI is InChI=1S/C13H15NO2S3/c1-3-9-4-5-10(18-9)8-11-12(15)14(6-7-16-2)13(17)19-11/h4-5,8H,3,6-7H2,1-2H3. The van der Waals surface area contributed by atoms with Crippen molar-refractivity contribution in [1.82, 2.24) is 4.90 Å². The maximum atomic E-state index is 12.2. The zero-order valence-corrected chi connectivity index (χ0v) is 13.3. The van der Waals surface area contributed by atoms with Gasteiger partial charge in [-0.05, 0) is 24.6 Å². The zero-order chi connectivity index (χ0) is 13.8. The number of hydrogen-bond acceptors (Lipinski definition) is 5. The molecule has 6 heteroatoms. The van der Waals surface area contributed by atoms with E-state index in [1.54, 1.807) is 23.3 Å². The van der Waals surface area contributed by atoms with Crippen LogP contribution in [0, 0.1) is 0 Å². The summed E-state index contributed by atoms with van der Waals surface area (Å²) in [6.45, 7) is 3.14. The average molecular weight is 313 g/mol. The summed E-state index contributed by atoms with van der Waals surface area (Å²) in [7, 11) is 1.62. The molecule has 0 aromatic carbocycles. The summed E-state index contributed by atoms with van der Waals surface area (Å²) in [5.41, 5.74) is 0. The monoisotopic (exact) mass is 313 g/mol. The van der Waals surface area contributed by atoms with Gasteiger partial charge in [0.1, 0.15) is 4.32 Å². The highest BCUT2D eigenvalue weighted by molar-refractivity contribution is 8.26. The first-order valence-corrected chi connectivity index (χ1v) is 8.03. The van der Waals surface area contributed by atoms with E-state index in [0.717, 1.165) is 11.3 Å². The van der Waals surface area contributed by atoms with Crippen molar-refractivity contribution in [3.8, 4) is 0 Å². The average Bonchev–Trinajstić information content (AvgIpc) is 2.95. The molecule has 0 unspecified atom stereocenters. The number of carbonyl (C=O) groups is 1. The molecule has 0 N–H and O–H groups in total. The van der Waals surface area contributed by atoms with Crippen LogP contribution in [-0.4, -0.2) is 35.4 Å². The topological polar surface area (TPSA) is 29.5 Å². The van der Waals surface area contributed by atoms with E-state index in [-0.39, 0.29) is 5.91 Å². The lowest BCUT2D eigenvalue weighted by atomic mass is 10.3. The second kappa shape index (κ2) is 6.65. The molecule has 0 atom stereocenters. The molecule has 1 aromatic rings. The van der Waals surface area contributed by atoms with E-state index in [0.29, 0.717) is 22.4 Å². The Morgan fingerprint density at radius 2 is 2.26 bits per heavy atom. The van der Waals surface area contributed by atoms with Gasteiger partial charge in [0.05, 0.1) is 18.1 Å². The van der Waals surface area contributed by atoms with Crippen molar-refractivity contribution in [3.05, 3.63) is 26.8 Å². The van der Waals surface area contributed by atoms with Crippen LogP contribution >= 0.6 is 35.3 Å². The molecule has 1 aliphatic rings. The number of ether oxygens (including phenoxy) is 1. The summed E-state index contributed by atoms with van der Waals surface area (Å²) in [5.74, 6) is -0.0153. The highest BCUT2D eigenvalue weighted by Crippen LogP contribution is 2.33. The Morgan fingerprint density at radius 1 is 1.47 bits per heavy atom. The van der Waals surface area contributed by atoms with Gasteiger partial charge in [-0.1, -0.05) is 30.9 Å². The Kier molecular flexibility index (Phi) is 5.15.